The molecule has 0 saturated heterocycles. The van der Waals surface area contributed by atoms with Gasteiger partial charge in [-0.2, -0.15) is 0 Å². The molecule has 0 saturated carbocycles. The first-order chi connectivity index (χ1) is 11.5. The van der Waals surface area contributed by atoms with Gasteiger partial charge in [0.05, 0.1) is 6.61 Å². The third-order valence-corrected chi connectivity index (χ3v) is 3.58. The molecule has 0 aromatic heterocycles. The average Bonchev–Trinajstić information content (AvgIpc) is 2.55. The topological polar surface area (TPSA) is 95.4 Å². The summed E-state index contributed by atoms with van der Waals surface area (Å²) in [5.41, 5.74) is 11.4. The lowest BCUT2D eigenvalue weighted by molar-refractivity contribution is 0.0999. The number of para-hydroxylation sites is 1. The largest absolute Gasteiger partial charge is 0.490 e. The maximum atomic E-state index is 14.3. The van der Waals surface area contributed by atoms with Crippen molar-refractivity contribution in [3.05, 3.63) is 53.3 Å². The van der Waals surface area contributed by atoms with Gasteiger partial charge < -0.3 is 16.2 Å². The molecule has 0 radical (unpaired) electrons. The highest BCUT2D eigenvalue weighted by molar-refractivity contribution is 6.08. The Hall–Kier alpha value is -2.89. The lowest BCUT2D eigenvalue weighted by Crippen LogP contribution is -2.18. The summed E-state index contributed by atoms with van der Waals surface area (Å²) in [5.74, 6) is -2.09. The monoisotopic (exact) mass is 330 g/mol. The van der Waals surface area contributed by atoms with E-state index in [0.29, 0.717) is 6.61 Å². The van der Waals surface area contributed by atoms with Crippen molar-refractivity contribution in [1.82, 2.24) is 0 Å². The van der Waals surface area contributed by atoms with Crippen molar-refractivity contribution in [3.63, 3.8) is 0 Å². The van der Waals surface area contributed by atoms with E-state index in [1.165, 1.54) is 30.3 Å². The normalized spacial score (nSPS) is 10.4. The molecule has 0 spiro atoms. The summed E-state index contributed by atoms with van der Waals surface area (Å²) >= 11 is 0. The molecule has 0 atom stereocenters. The molecule has 0 heterocycles. The van der Waals surface area contributed by atoms with E-state index in [0.717, 1.165) is 12.8 Å². The number of primary amides is 2. The van der Waals surface area contributed by atoms with E-state index in [-0.39, 0.29) is 28.0 Å². The Balaban J connectivity index is 2.69. The minimum absolute atomic E-state index is 0.0258. The summed E-state index contributed by atoms with van der Waals surface area (Å²) < 4.78 is 19.8. The SMILES string of the molecule is CCCCOc1c(F)cccc1-c1c(C(N)=O)cccc1C(N)=O. The zero-order valence-electron chi connectivity index (χ0n) is 13.3. The highest BCUT2D eigenvalue weighted by atomic mass is 19.1. The molecule has 0 unspecified atom stereocenters. The van der Waals surface area contributed by atoms with E-state index in [9.17, 15) is 14.0 Å². The molecule has 24 heavy (non-hydrogen) atoms. The fourth-order valence-corrected chi connectivity index (χ4v) is 2.42. The van der Waals surface area contributed by atoms with Crippen LogP contribution in [0.1, 0.15) is 40.5 Å². The second-order valence-corrected chi connectivity index (χ2v) is 5.28. The Kier molecular flexibility index (Phi) is 5.52. The van der Waals surface area contributed by atoms with Crippen LogP contribution >= 0.6 is 0 Å². The molecule has 126 valence electrons. The number of nitrogens with two attached hydrogens (primary N) is 2. The fourth-order valence-electron chi connectivity index (χ4n) is 2.42. The van der Waals surface area contributed by atoms with Gasteiger partial charge in [-0.05, 0) is 24.6 Å². The van der Waals surface area contributed by atoms with E-state index in [2.05, 4.69) is 0 Å². The van der Waals surface area contributed by atoms with Crippen LogP contribution in [-0.2, 0) is 0 Å². The minimum Gasteiger partial charge on any atom is -0.490 e. The number of amides is 2. The number of hydrogen-bond donors (Lipinski definition) is 2. The minimum atomic E-state index is -0.739. The molecule has 5 nitrogen and oxygen atoms in total. The van der Waals surface area contributed by atoms with Crippen LogP contribution in [0.2, 0.25) is 0 Å². The first-order valence-corrected chi connectivity index (χ1v) is 7.61. The van der Waals surface area contributed by atoms with Crippen LogP contribution in [0.3, 0.4) is 0 Å². The zero-order valence-corrected chi connectivity index (χ0v) is 13.3. The summed E-state index contributed by atoms with van der Waals surface area (Å²) in [7, 11) is 0. The van der Waals surface area contributed by atoms with Crippen molar-refractivity contribution in [3.8, 4) is 16.9 Å². The second kappa shape index (κ2) is 7.59. The van der Waals surface area contributed by atoms with Crippen LogP contribution in [0.4, 0.5) is 4.39 Å². The molecule has 0 bridgehead atoms. The quantitative estimate of drug-likeness (QED) is 0.764. The summed E-state index contributed by atoms with van der Waals surface area (Å²) in [6.07, 6.45) is 1.63. The van der Waals surface area contributed by atoms with E-state index in [1.807, 2.05) is 6.92 Å². The summed E-state index contributed by atoms with van der Waals surface area (Å²) in [6, 6.07) is 8.72. The lowest BCUT2D eigenvalue weighted by Gasteiger charge is -2.16. The Morgan fingerprint density at radius 3 is 2.17 bits per heavy atom. The standard InChI is InChI=1S/C18H19FN2O3/c1-2-3-10-24-16-11(6-5-9-14(16)19)15-12(17(20)22)7-4-8-13(15)18(21)23/h4-9H,2-3,10H2,1H3,(H2,20,22)(H2,21,23). The van der Waals surface area contributed by atoms with Gasteiger partial charge in [-0.15, -0.1) is 0 Å². The van der Waals surface area contributed by atoms with E-state index in [4.69, 9.17) is 16.2 Å². The number of hydrogen-bond acceptors (Lipinski definition) is 3. The number of rotatable bonds is 7. The molecule has 2 aromatic rings. The first-order valence-electron chi connectivity index (χ1n) is 7.61. The van der Waals surface area contributed by atoms with Gasteiger partial charge in [0.25, 0.3) is 0 Å². The predicted molar refractivity (Wildman–Crippen MR) is 89.3 cm³/mol. The summed E-state index contributed by atoms with van der Waals surface area (Å²) in [4.78, 5) is 23.5. The fraction of sp³-hybridized carbons (Fsp3) is 0.222. The lowest BCUT2D eigenvalue weighted by atomic mass is 9.92. The number of ether oxygens (including phenoxy) is 1. The molecular weight excluding hydrogens is 311 g/mol. The number of carbonyl (C=O) groups is 2. The van der Waals surface area contributed by atoms with Crippen LogP contribution in [0.15, 0.2) is 36.4 Å². The zero-order chi connectivity index (χ0) is 17.7. The Bertz CT molecular complexity index is 743. The highest BCUT2D eigenvalue weighted by Crippen LogP contribution is 2.36. The Morgan fingerprint density at radius 1 is 1.04 bits per heavy atom. The third-order valence-electron chi connectivity index (χ3n) is 3.58. The molecule has 0 aliphatic heterocycles. The van der Waals surface area contributed by atoms with Crippen LogP contribution in [-0.4, -0.2) is 18.4 Å². The van der Waals surface area contributed by atoms with Crippen LogP contribution < -0.4 is 16.2 Å². The summed E-state index contributed by atoms with van der Waals surface area (Å²) in [6.45, 7) is 2.30. The van der Waals surface area contributed by atoms with Crippen molar-refractivity contribution >= 4 is 11.8 Å². The number of unbranched alkanes of at least 4 members (excludes halogenated alkanes) is 1. The number of halogens is 1. The molecule has 2 amide bonds. The number of carbonyl (C=O) groups excluding carboxylic acids is 2. The predicted octanol–water partition coefficient (Wildman–Crippen LogP) is 2.87. The maximum absolute atomic E-state index is 14.3. The van der Waals surface area contributed by atoms with Crippen molar-refractivity contribution in [2.75, 3.05) is 6.61 Å². The molecule has 0 fully saturated rings. The van der Waals surface area contributed by atoms with Crippen molar-refractivity contribution < 1.29 is 18.7 Å². The average molecular weight is 330 g/mol. The third kappa shape index (κ3) is 3.53. The summed E-state index contributed by atoms with van der Waals surface area (Å²) in [5, 5.41) is 0. The molecular formula is C18H19FN2O3. The van der Waals surface area contributed by atoms with E-state index >= 15 is 0 Å². The Labute approximate surface area is 139 Å². The molecule has 2 rings (SSSR count). The van der Waals surface area contributed by atoms with Gasteiger partial charge in [0, 0.05) is 22.3 Å². The van der Waals surface area contributed by atoms with E-state index < -0.39 is 17.6 Å². The van der Waals surface area contributed by atoms with Gasteiger partial charge in [-0.25, -0.2) is 4.39 Å². The van der Waals surface area contributed by atoms with Crippen LogP contribution in [0.25, 0.3) is 11.1 Å². The molecule has 6 heteroatoms. The van der Waals surface area contributed by atoms with Gasteiger partial charge in [0.2, 0.25) is 11.8 Å². The van der Waals surface area contributed by atoms with Crippen molar-refractivity contribution in [1.29, 1.82) is 0 Å². The highest BCUT2D eigenvalue weighted by Gasteiger charge is 2.22. The smallest absolute Gasteiger partial charge is 0.249 e. The Morgan fingerprint density at radius 2 is 1.62 bits per heavy atom. The molecule has 0 aliphatic carbocycles. The van der Waals surface area contributed by atoms with Gasteiger partial charge >= 0.3 is 0 Å². The molecule has 0 aliphatic rings. The maximum Gasteiger partial charge on any atom is 0.249 e. The van der Waals surface area contributed by atoms with Gasteiger partial charge in [0.1, 0.15) is 0 Å². The van der Waals surface area contributed by atoms with Gasteiger partial charge in [0.15, 0.2) is 11.6 Å². The van der Waals surface area contributed by atoms with E-state index in [1.54, 1.807) is 6.07 Å². The van der Waals surface area contributed by atoms with Crippen molar-refractivity contribution in [2.45, 2.75) is 19.8 Å². The molecule has 4 N–H and O–H groups in total. The van der Waals surface area contributed by atoms with Crippen LogP contribution in [0, 0.1) is 5.82 Å². The molecule has 2 aromatic carbocycles. The van der Waals surface area contributed by atoms with Crippen molar-refractivity contribution in [2.24, 2.45) is 11.5 Å². The van der Waals surface area contributed by atoms with Gasteiger partial charge in [-0.3, -0.25) is 9.59 Å². The first kappa shape index (κ1) is 17.5. The van der Waals surface area contributed by atoms with Crippen LogP contribution in [0.5, 0.6) is 5.75 Å². The number of benzene rings is 2. The van der Waals surface area contributed by atoms with Gasteiger partial charge in [-0.1, -0.05) is 31.5 Å². The second-order valence-electron chi connectivity index (χ2n) is 5.28.